The lowest BCUT2D eigenvalue weighted by atomic mass is 9.98. The quantitative estimate of drug-likeness (QED) is 0.843. The van der Waals surface area contributed by atoms with E-state index in [0.29, 0.717) is 10.6 Å². The molecule has 0 aliphatic rings. The van der Waals surface area contributed by atoms with Gasteiger partial charge in [0.05, 0.1) is 6.42 Å². The Balaban J connectivity index is 2.93. The fraction of sp³-hybridized carbons (Fsp3) is 0.300. The summed E-state index contributed by atoms with van der Waals surface area (Å²) >= 11 is 5.81. The molecule has 0 spiro atoms. The normalized spacial score (nSPS) is 12.5. The Bertz CT molecular complexity index is 352. The molecule has 4 heteroatoms. The Kier molecular flexibility index (Phi) is 3.47. The Labute approximate surface area is 86.3 Å². The van der Waals surface area contributed by atoms with Gasteiger partial charge in [-0.25, -0.2) is 4.39 Å². The Morgan fingerprint density at radius 3 is 2.86 bits per heavy atom. The zero-order chi connectivity index (χ0) is 10.7. The van der Waals surface area contributed by atoms with Crippen molar-refractivity contribution in [3.63, 3.8) is 0 Å². The van der Waals surface area contributed by atoms with E-state index in [-0.39, 0.29) is 12.3 Å². The van der Waals surface area contributed by atoms with Crippen LogP contribution < -0.4 is 0 Å². The molecule has 0 aliphatic heterocycles. The van der Waals surface area contributed by atoms with E-state index in [1.54, 1.807) is 6.92 Å². The van der Waals surface area contributed by atoms with Gasteiger partial charge in [-0.2, -0.15) is 0 Å². The summed E-state index contributed by atoms with van der Waals surface area (Å²) in [5.74, 6) is -1.60. The topological polar surface area (TPSA) is 37.3 Å². The smallest absolute Gasteiger partial charge is 0.303 e. The zero-order valence-corrected chi connectivity index (χ0v) is 8.38. The van der Waals surface area contributed by atoms with Crippen LogP contribution in [0, 0.1) is 5.82 Å². The van der Waals surface area contributed by atoms with Crippen molar-refractivity contribution in [3.8, 4) is 0 Å². The average Bonchev–Trinajstić information content (AvgIpc) is 2.08. The molecule has 0 aromatic heterocycles. The van der Waals surface area contributed by atoms with Crippen LogP contribution in [0.1, 0.15) is 24.8 Å². The molecule has 14 heavy (non-hydrogen) atoms. The molecular formula is C10H10ClFO2. The van der Waals surface area contributed by atoms with Gasteiger partial charge in [0.15, 0.2) is 0 Å². The first-order valence-corrected chi connectivity index (χ1v) is 4.55. The van der Waals surface area contributed by atoms with Crippen molar-refractivity contribution in [2.45, 2.75) is 19.3 Å². The van der Waals surface area contributed by atoms with Crippen molar-refractivity contribution >= 4 is 17.6 Å². The van der Waals surface area contributed by atoms with E-state index in [2.05, 4.69) is 0 Å². The van der Waals surface area contributed by atoms with E-state index in [1.807, 2.05) is 0 Å². The second-order valence-corrected chi connectivity index (χ2v) is 3.57. The summed E-state index contributed by atoms with van der Waals surface area (Å²) in [4.78, 5) is 10.4. The maximum absolute atomic E-state index is 12.8. The van der Waals surface area contributed by atoms with Crippen LogP contribution in [0.5, 0.6) is 0 Å². The monoisotopic (exact) mass is 216 g/mol. The molecule has 1 rings (SSSR count). The van der Waals surface area contributed by atoms with E-state index < -0.39 is 11.8 Å². The third kappa shape index (κ3) is 2.70. The summed E-state index contributed by atoms with van der Waals surface area (Å²) < 4.78 is 12.8. The number of benzene rings is 1. The number of rotatable bonds is 3. The number of carbonyl (C=O) groups is 1. The van der Waals surface area contributed by atoms with Crippen molar-refractivity contribution in [2.24, 2.45) is 0 Å². The van der Waals surface area contributed by atoms with Crippen molar-refractivity contribution in [2.75, 3.05) is 0 Å². The second-order valence-electron chi connectivity index (χ2n) is 3.16. The first-order chi connectivity index (χ1) is 6.50. The molecule has 0 saturated carbocycles. The van der Waals surface area contributed by atoms with Crippen molar-refractivity contribution in [3.05, 3.63) is 34.6 Å². The number of aliphatic carboxylic acids is 1. The van der Waals surface area contributed by atoms with Gasteiger partial charge in [0.25, 0.3) is 0 Å². The molecule has 0 fully saturated rings. The predicted molar refractivity (Wildman–Crippen MR) is 52.1 cm³/mol. The van der Waals surface area contributed by atoms with Crippen molar-refractivity contribution in [1.82, 2.24) is 0 Å². The first-order valence-electron chi connectivity index (χ1n) is 4.17. The van der Waals surface area contributed by atoms with Crippen LogP contribution >= 0.6 is 11.6 Å². The molecule has 1 aromatic rings. The van der Waals surface area contributed by atoms with E-state index in [1.165, 1.54) is 18.2 Å². The summed E-state index contributed by atoms with van der Waals surface area (Å²) in [5.41, 5.74) is 0.536. The van der Waals surface area contributed by atoms with Crippen LogP contribution in [0.3, 0.4) is 0 Å². The largest absolute Gasteiger partial charge is 0.481 e. The van der Waals surface area contributed by atoms with Gasteiger partial charge in [0, 0.05) is 5.02 Å². The summed E-state index contributed by atoms with van der Waals surface area (Å²) in [6.45, 7) is 1.70. The molecule has 1 atom stereocenters. The number of hydrogen-bond acceptors (Lipinski definition) is 1. The lowest BCUT2D eigenvalue weighted by Crippen LogP contribution is -2.03. The maximum Gasteiger partial charge on any atom is 0.303 e. The van der Waals surface area contributed by atoms with Gasteiger partial charge in [-0.1, -0.05) is 18.5 Å². The van der Waals surface area contributed by atoms with Gasteiger partial charge in [0.2, 0.25) is 0 Å². The van der Waals surface area contributed by atoms with Crippen LogP contribution in [0.2, 0.25) is 5.02 Å². The lowest BCUT2D eigenvalue weighted by Gasteiger charge is -2.10. The number of hydrogen-bond donors (Lipinski definition) is 1. The SMILES string of the molecule is C[C@@H](CC(=O)O)c1cc(F)ccc1Cl. The fourth-order valence-corrected chi connectivity index (χ4v) is 1.57. The molecule has 0 aliphatic carbocycles. The summed E-state index contributed by atoms with van der Waals surface area (Å²) in [6.07, 6.45) is -0.0524. The molecule has 0 unspecified atom stereocenters. The number of carboxylic acids is 1. The molecule has 0 heterocycles. The van der Waals surface area contributed by atoms with Crippen molar-refractivity contribution in [1.29, 1.82) is 0 Å². The van der Waals surface area contributed by atoms with Gasteiger partial charge in [-0.3, -0.25) is 4.79 Å². The molecule has 0 radical (unpaired) electrons. The van der Waals surface area contributed by atoms with Crippen LogP contribution in [0.15, 0.2) is 18.2 Å². The Hall–Kier alpha value is -1.09. The number of halogens is 2. The van der Waals surface area contributed by atoms with Gasteiger partial charge in [-0.05, 0) is 29.7 Å². The molecule has 2 nitrogen and oxygen atoms in total. The van der Waals surface area contributed by atoms with Crippen molar-refractivity contribution < 1.29 is 14.3 Å². The van der Waals surface area contributed by atoms with E-state index >= 15 is 0 Å². The minimum atomic E-state index is -0.919. The number of carboxylic acid groups (broad SMARTS) is 1. The summed E-state index contributed by atoms with van der Waals surface area (Å²) in [5, 5.41) is 8.97. The highest BCUT2D eigenvalue weighted by atomic mass is 35.5. The molecule has 0 saturated heterocycles. The fourth-order valence-electron chi connectivity index (χ4n) is 1.26. The molecular weight excluding hydrogens is 207 g/mol. The van der Waals surface area contributed by atoms with Crippen LogP contribution in [0.25, 0.3) is 0 Å². The average molecular weight is 217 g/mol. The lowest BCUT2D eigenvalue weighted by molar-refractivity contribution is -0.137. The maximum atomic E-state index is 12.8. The van der Waals surface area contributed by atoms with Crippen LogP contribution in [-0.4, -0.2) is 11.1 Å². The zero-order valence-electron chi connectivity index (χ0n) is 7.63. The second kappa shape index (κ2) is 4.42. The van der Waals surface area contributed by atoms with Gasteiger partial charge in [0.1, 0.15) is 5.82 Å². The third-order valence-electron chi connectivity index (χ3n) is 1.97. The summed E-state index contributed by atoms with van der Waals surface area (Å²) in [7, 11) is 0. The van der Waals surface area contributed by atoms with Gasteiger partial charge >= 0.3 is 5.97 Å². The highest BCUT2D eigenvalue weighted by molar-refractivity contribution is 6.31. The predicted octanol–water partition coefficient (Wildman–Crippen LogP) is 3.06. The molecule has 0 bridgehead atoms. The highest BCUT2D eigenvalue weighted by Crippen LogP contribution is 2.27. The Morgan fingerprint density at radius 2 is 2.29 bits per heavy atom. The van der Waals surface area contributed by atoms with E-state index in [0.717, 1.165) is 0 Å². The molecule has 1 N–H and O–H groups in total. The molecule has 0 amide bonds. The summed E-state index contributed by atoms with van der Waals surface area (Å²) in [6, 6.07) is 3.96. The first kappa shape index (κ1) is 11.0. The minimum absolute atomic E-state index is 0.0524. The minimum Gasteiger partial charge on any atom is -0.481 e. The van der Waals surface area contributed by atoms with E-state index in [4.69, 9.17) is 16.7 Å². The standard InChI is InChI=1S/C10H10ClFO2/c1-6(4-10(13)14)8-5-7(12)2-3-9(8)11/h2-3,5-6H,4H2,1H3,(H,13,14)/t6-/m0/s1. The van der Waals surface area contributed by atoms with Gasteiger partial charge < -0.3 is 5.11 Å². The molecule has 1 aromatic carbocycles. The third-order valence-corrected chi connectivity index (χ3v) is 2.31. The highest BCUT2D eigenvalue weighted by Gasteiger charge is 2.13. The van der Waals surface area contributed by atoms with E-state index in [9.17, 15) is 9.18 Å². The van der Waals surface area contributed by atoms with Crippen LogP contribution in [-0.2, 0) is 4.79 Å². The van der Waals surface area contributed by atoms with Gasteiger partial charge in [-0.15, -0.1) is 0 Å². The van der Waals surface area contributed by atoms with Crippen LogP contribution in [0.4, 0.5) is 4.39 Å². The molecule has 76 valence electrons. The Morgan fingerprint density at radius 1 is 1.64 bits per heavy atom.